The van der Waals surface area contributed by atoms with Crippen molar-refractivity contribution in [2.24, 2.45) is 0 Å². The first-order valence-electron chi connectivity index (χ1n) is 3.67. The van der Waals surface area contributed by atoms with Gasteiger partial charge in [0.15, 0.2) is 0 Å². The van der Waals surface area contributed by atoms with Gasteiger partial charge in [0, 0.05) is 12.6 Å². The van der Waals surface area contributed by atoms with Crippen LogP contribution in [0.4, 0.5) is 0 Å². The lowest BCUT2D eigenvalue weighted by Crippen LogP contribution is -2.33. The van der Waals surface area contributed by atoms with Gasteiger partial charge in [-0.2, -0.15) is 0 Å². The lowest BCUT2D eigenvalue weighted by molar-refractivity contribution is 0.357. The summed E-state index contributed by atoms with van der Waals surface area (Å²) < 4.78 is 0. The molecule has 1 fully saturated rings. The molecule has 1 aliphatic heterocycles. The Morgan fingerprint density at radius 3 is 2.36 bits per heavy atom. The molecular weight excluding hydrogens is 183 g/mol. The van der Waals surface area contributed by atoms with E-state index < -0.39 is 0 Å². The Morgan fingerprint density at radius 1 is 1.36 bits per heavy atom. The van der Waals surface area contributed by atoms with Gasteiger partial charge in [-0.05, 0) is 33.5 Å². The fourth-order valence-electron chi connectivity index (χ4n) is 1.35. The lowest BCUT2D eigenvalue weighted by Gasteiger charge is -2.15. The van der Waals surface area contributed by atoms with Crippen LogP contribution in [-0.4, -0.2) is 38.1 Å². The van der Waals surface area contributed by atoms with Crippen molar-refractivity contribution in [1.29, 1.82) is 0 Å². The summed E-state index contributed by atoms with van der Waals surface area (Å²) in [6.45, 7) is 2.42. The maximum Gasteiger partial charge on any atom is 0.0195 e. The molecule has 0 aliphatic carbocycles. The van der Waals surface area contributed by atoms with Gasteiger partial charge < -0.3 is 10.2 Å². The van der Waals surface area contributed by atoms with Crippen LogP contribution in [0, 0.1) is 0 Å². The van der Waals surface area contributed by atoms with Gasteiger partial charge in [0.25, 0.3) is 0 Å². The Hall–Kier alpha value is 0.500. The first-order chi connectivity index (χ1) is 4.29. The quantitative estimate of drug-likeness (QED) is 0.720. The SMILES string of the molecule is CN(C)CC1CCCN1.Cl.Cl. The molecule has 70 valence electrons. The van der Waals surface area contributed by atoms with Gasteiger partial charge >= 0.3 is 0 Å². The molecule has 1 heterocycles. The zero-order valence-electron chi connectivity index (χ0n) is 7.17. The maximum absolute atomic E-state index is 3.45. The fraction of sp³-hybridized carbons (Fsp3) is 1.00. The molecule has 1 atom stereocenters. The predicted molar refractivity (Wildman–Crippen MR) is 54.1 cm³/mol. The van der Waals surface area contributed by atoms with E-state index in [-0.39, 0.29) is 24.8 Å². The van der Waals surface area contributed by atoms with Crippen molar-refractivity contribution in [3.63, 3.8) is 0 Å². The molecule has 0 bridgehead atoms. The first kappa shape index (κ1) is 14.0. The third-order valence-electron chi connectivity index (χ3n) is 1.75. The minimum Gasteiger partial charge on any atom is -0.313 e. The number of halogens is 2. The number of likely N-dealkylation sites (N-methyl/N-ethyl adjacent to an activating group) is 1. The van der Waals surface area contributed by atoms with E-state index >= 15 is 0 Å². The van der Waals surface area contributed by atoms with Crippen LogP contribution in [0.1, 0.15) is 12.8 Å². The van der Waals surface area contributed by atoms with Gasteiger partial charge in [0.2, 0.25) is 0 Å². The van der Waals surface area contributed by atoms with Crippen molar-refractivity contribution in [3.05, 3.63) is 0 Å². The summed E-state index contributed by atoms with van der Waals surface area (Å²) in [7, 11) is 4.25. The third kappa shape index (κ3) is 5.74. The van der Waals surface area contributed by atoms with Crippen LogP contribution >= 0.6 is 24.8 Å². The van der Waals surface area contributed by atoms with E-state index in [1.54, 1.807) is 0 Å². The normalized spacial score (nSPS) is 22.6. The molecule has 0 aromatic heterocycles. The largest absolute Gasteiger partial charge is 0.313 e. The van der Waals surface area contributed by atoms with Crippen LogP contribution in [0.5, 0.6) is 0 Å². The average Bonchev–Trinajstić information content (AvgIpc) is 2.15. The summed E-state index contributed by atoms with van der Waals surface area (Å²) in [6.07, 6.45) is 2.72. The number of nitrogens with zero attached hydrogens (tertiary/aromatic N) is 1. The summed E-state index contributed by atoms with van der Waals surface area (Å²) in [5.74, 6) is 0. The first-order valence-corrected chi connectivity index (χ1v) is 3.67. The van der Waals surface area contributed by atoms with Crippen LogP contribution in [0.2, 0.25) is 0 Å². The number of rotatable bonds is 2. The molecule has 1 N–H and O–H groups in total. The monoisotopic (exact) mass is 200 g/mol. The van der Waals surface area contributed by atoms with E-state index in [0.717, 1.165) is 6.04 Å². The summed E-state index contributed by atoms with van der Waals surface area (Å²) in [6, 6.07) is 0.764. The second-order valence-corrected chi connectivity index (χ2v) is 3.06. The fourth-order valence-corrected chi connectivity index (χ4v) is 1.35. The van der Waals surface area contributed by atoms with Gasteiger partial charge in [-0.25, -0.2) is 0 Å². The minimum absolute atomic E-state index is 0. The Balaban J connectivity index is 0. The molecule has 2 nitrogen and oxygen atoms in total. The van der Waals surface area contributed by atoms with Gasteiger partial charge in [0.05, 0.1) is 0 Å². The lowest BCUT2D eigenvalue weighted by atomic mass is 10.2. The Morgan fingerprint density at radius 2 is 2.00 bits per heavy atom. The molecule has 0 spiro atoms. The molecular formula is C7H18Cl2N2. The molecule has 0 radical (unpaired) electrons. The number of hydrogen-bond donors (Lipinski definition) is 1. The highest BCUT2D eigenvalue weighted by atomic mass is 35.5. The third-order valence-corrected chi connectivity index (χ3v) is 1.75. The van der Waals surface area contributed by atoms with Crippen LogP contribution in [0.15, 0.2) is 0 Å². The summed E-state index contributed by atoms with van der Waals surface area (Å²) in [5.41, 5.74) is 0. The molecule has 1 unspecified atom stereocenters. The molecule has 1 aliphatic rings. The van der Waals surface area contributed by atoms with Gasteiger partial charge in [-0.15, -0.1) is 24.8 Å². The molecule has 1 rings (SSSR count). The second-order valence-electron chi connectivity index (χ2n) is 3.06. The van der Waals surface area contributed by atoms with Crippen LogP contribution in [0.25, 0.3) is 0 Å². The van der Waals surface area contributed by atoms with Gasteiger partial charge in [-0.3, -0.25) is 0 Å². The zero-order valence-corrected chi connectivity index (χ0v) is 8.80. The van der Waals surface area contributed by atoms with Gasteiger partial charge in [-0.1, -0.05) is 0 Å². The molecule has 4 heteroatoms. The van der Waals surface area contributed by atoms with Crippen LogP contribution in [-0.2, 0) is 0 Å². The van der Waals surface area contributed by atoms with Crippen molar-refractivity contribution >= 4 is 24.8 Å². The van der Waals surface area contributed by atoms with E-state index in [1.807, 2.05) is 0 Å². The smallest absolute Gasteiger partial charge is 0.0195 e. The van der Waals surface area contributed by atoms with Crippen LogP contribution < -0.4 is 5.32 Å². The van der Waals surface area contributed by atoms with Crippen molar-refractivity contribution in [2.75, 3.05) is 27.2 Å². The Bertz CT molecular complexity index is 82.5. The predicted octanol–water partition coefficient (Wildman–Crippen LogP) is 1.14. The van der Waals surface area contributed by atoms with Crippen molar-refractivity contribution in [1.82, 2.24) is 10.2 Å². The second kappa shape index (κ2) is 7.17. The van der Waals surface area contributed by atoms with E-state index in [9.17, 15) is 0 Å². The van der Waals surface area contributed by atoms with E-state index in [1.165, 1.54) is 25.9 Å². The number of nitrogens with one attached hydrogen (secondary N) is 1. The molecule has 0 amide bonds. The Kier molecular flexibility index (Phi) is 9.15. The topological polar surface area (TPSA) is 15.3 Å². The Labute approximate surface area is 81.5 Å². The van der Waals surface area contributed by atoms with Crippen LogP contribution in [0.3, 0.4) is 0 Å². The zero-order chi connectivity index (χ0) is 6.69. The highest BCUT2D eigenvalue weighted by Gasteiger charge is 2.13. The maximum atomic E-state index is 3.45. The van der Waals surface area contributed by atoms with Crippen molar-refractivity contribution in [2.45, 2.75) is 18.9 Å². The molecule has 0 aromatic carbocycles. The van der Waals surface area contributed by atoms with E-state index in [2.05, 4.69) is 24.3 Å². The van der Waals surface area contributed by atoms with Crippen molar-refractivity contribution in [3.8, 4) is 0 Å². The number of hydrogen-bond acceptors (Lipinski definition) is 2. The van der Waals surface area contributed by atoms with Gasteiger partial charge in [0.1, 0.15) is 0 Å². The molecule has 11 heavy (non-hydrogen) atoms. The van der Waals surface area contributed by atoms with E-state index in [0.29, 0.717) is 0 Å². The summed E-state index contributed by atoms with van der Waals surface area (Å²) in [4.78, 5) is 2.24. The van der Waals surface area contributed by atoms with Crippen molar-refractivity contribution < 1.29 is 0 Å². The highest BCUT2D eigenvalue weighted by Crippen LogP contribution is 2.04. The summed E-state index contributed by atoms with van der Waals surface area (Å²) >= 11 is 0. The molecule has 0 aromatic rings. The molecule has 1 saturated heterocycles. The standard InChI is InChI=1S/C7H16N2.2ClH/c1-9(2)6-7-4-3-5-8-7;;/h7-8H,3-6H2,1-2H3;2*1H. The van der Waals surface area contributed by atoms with E-state index in [4.69, 9.17) is 0 Å². The average molecular weight is 201 g/mol. The highest BCUT2D eigenvalue weighted by molar-refractivity contribution is 5.85. The summed E-state index contributed by atoms with van der Waals surface area (Å²) in [5, 5.41) is 3.45. The minimum atomic E-state index is 0. The molecule has 0 saturated carbocycles.